The molecule has 0 saturated heterocycles. The third-order valence-corrected chi connectivity index (χ3v) is 0.514. The molecular weight excluding hydrogens is 94.1 g/mol. The summed E-state index contributed by atoms with van der Waals surface area (Å²) in [6.07, 6.45) is 0. The minimum absolute atomic E-state index is 0.552. The van der Waals surface area contributed by atoms with Crippen LogP contribution in [0.1, 0.15) is 0 Å². The van der Waals surface area contributed by atoms with Crippen molar-refractivity contribution in [3.8, 4) is 0 Å². The number of nitrogens with zero attached hydrogens (tertiary/aromatic N) is 1. The zero-order chi connectivity index (χ0) is 5.70. The van der Waals surface area contributed by atoms with Crippen LogP contribution in [0, 0.1) is 0 Å². The first-order valence-electron chi connectivity index (χ1n) is 1.97. The van der Waals surface area contributed by atoms with Crippen molar-refractivity contribution < 1.29 is 0 Å². The minimum Gasteiger partial charge on any atom is -0.271 e. The van der Waals surface area contributed by atoms with Crippen LogP contribution in [0.5, 0.6) is 0 Å². The third-order valence-electron chi connectivity index (χ3n) is 0.514. The molecule has 0 atom stereocenters. The predicted molar refractivity (Wildman–Crippen MR) is 27.3 cm³/mol. The van der Waals surface area contributed by atoms with Gasteiger partial charge in [-0.15, -0.1) is 0 Å². The van der Waals surface area contributed by atoms with Crippen molar-refractivity contribution >= 4 is 0 Å². The Morgan fingerprint density at radius 3 is 2.14 bits per heavy atom. The van der Waals surface area contributed by atoms with Crippen LogP contribution < -0.4 is 23.0 Å². The van der Waals surface area contributed by atoms with Gasteiger partial charge in [0.25, 0.3) is 0 Å². The number of nitrogens with one attached hydrogen (secondary N) is 1. The summed E-state index contributed by atoms with van der Waals surface area (Å²) in [5, 5.41) is 1.07. The lowest BCUT2D eigenvalue weighted by Crippen LogP contribution is -2.43. The van der Waals surface area contributed by atoms with Crippen LogP contribution in [-0.4, -0.2) is 18.2 Å². The quantitative estimate of drug-likeness (QED) is 0.235. The Morgan fingerprint density at radius 2 is 2.00 bits per heavy atom. The molecule has 0 aliphatic heterocycles. The second-order valence-electron chi connectivity index (χ2n) is 1.19. The molecule has 0 heterocycles. The number of rotatable bonds is 3. The molecule has 7 N–H and O–H groups in total. The van der Waals surface area contributed by atoms with E-state index >= 15 is 0 Å². The fourth-order valence-electron chi connectivity index (χ4n) is 0.194. The van der Waals surface area contributed by atoms with E-state index in [0.29, 0.717) is 13.1 Å². The van der Waals surface area contributed by atoms with Gasteiger partial charge in [-0.3, -0.25) is 23.0 Å². The molecule has 7 heavy (non-hydrogen) atoms. The Bertz CT molecular complexity index is 35.1. The predicted octanol–water partition coefficient (Wildman–Crippen LogP) is -2.50. The molecule has 44 valence electrons. The molecule has 0 aliphatic rings. The van der Waals surface area contributed by atoms with Crippen molar-refractivity contribution in [2.45, 2.75) is 0 Å². The first kappa shape index (κ1) is 6.80. The maximum atomic E-state index is 4.99. The molecule has 0 spiro atoms. The van der Waals surface area contributed by atoms with Crippen molar-refractivity contribution in [2.24, 2.45) is 17.5 Å². The maximum absolute atomic E-state index is 4.99. The Labute approximate surface area is 42.3 Å². The second kappa shape index (κ2) is 3.97. The van der Waals surface area contributed by atoms with Crippen LogP contribution in [0.4, 0.5) is 0 Å². The zero-order valence-electron chi connectivity index (χ0n) is 4.09. The minimum atomic E-state index is 0.552. The molecule has 0 radical (unpaired) electrons. The molecule has 0 fully saturated rings. The van der Waals surface area contributed by atoms with Gasteiger partial charge in [-0.05, 0) is 0 Å². The fraction of sp³-hybridized carbons (Fsp3) is 1.00. The summed E-state index contributed by atoms with van der Waals surface area (Å²) in [5.74, 6) is 14.9. The molecular formula is C2H11N5. The second-order valence-corrected chi connectivity index (χ2v) is 1.19. The van der Waals surface area contributed by atoms with E-state index < -0.39 is 0 Å². The van der Waals surface area contributed by atoms with Crippen molar-refractivity contribution in [3.05, 3.63) is 0 Å². The highest BCUT2D eigenvalue weighted by Gasteiger charge is 1.83. The monoisotopic (exact) mass is 105 g/mol. The van der Waals surface area contributed by atoms with Gasteiger partial charge in [0, 0.05) is 13.1 Å². The summed E-state index contributed by atoms with van der Waals surface area (Å²) < 4.78 is 0. The fourth-order valence-corrected chi connectivity index (χ4v) is 0.194. The lowest BCUT2D eigenvalue weighted by atomic mass is 10.7. The van der Waals surface area contributed by atoms with Gasteiger partial charge in [0.1, 0.15) is 0 Å². The molecule has 0 bridgehead atoms. The first-order chi connectivity index (χ1) is 3.27. The molecule has 0 aromatic heterocycles. The molecule has 0 amide bonds. The average Bonchev–Trinajstić information content (AvgIpc) is 1.61. The smallest absolute Gasteiger partial charge is 0.0422 e. The lowest BCUT2D eigenvalue weighted by Gasteiger charge is -2.06. The van der Waals surface area contributed by atoms with Crippen LogP contribution >= 0.6 is 0 Å². The Hall–Kier alpha value is -0.200. The van der Waals surface area contributed by atoms with Gasteiger partial charge >= 0.3 is 0 Å². The van der Waals surface area contributed by atoms with E-state index in [9.17, 15) is 0 Å². The summed E-state index contributed by atoms with van der Waals surface area (Å²) in [5.41, 5.74) is 2.40. The van der Waals surface area contributed by atoms with Gasteiger partial charge in [-0.2, -0.15) is 5.12 Å². The van der Waals surface area contributed by atoms with E-state index in [1.165, 1.54) is 0 Å². The molecule has 5 nitrogen and oxygen atoms in total. The first-order valence-corrected chi connectivity index (χ1v) is 1.97. The lowest BCUT2D eigenvalue weighted by molar-refractivity contribution is 0.293. The Morgan fingerprint density at radius 1 is 1.43 bits per heavy atom. The maximum Gasteiger partial charge on any atom is 0.0422 e. The standard InChI is InChI=1S/C2H11N5/c3-6-1-2-7(4)5/h6H,1-5H2. The van der Waals surface area contributed by atoms with Crippen LogP contribution in [0.3, 0.4) is 0 Å². The summed E-state index contributed by atoms with van der Waals surface area (Å²) in [6.45, 7) is 1.16. The van der Waals surface area contributed by atoms with Gasteiger partial charge in [0.05, 0.1) is 0 Å². The number of hydrogen-bond donors (Lipinski definition) is 4. The summed E-state index contributed by atoms with van der Waals surface area (Å²) in [6, 6.07) is 0. The van der Waals surface area contributed by atoms with Crippen LogP contribution in [0.25, 0.3) is 0 Å². The molecule has 0 unspecified atom stereocenters. The molecule has 0 aromatic rings. The SMILES string of the molecule is NNCCN(N)N. The molecule has 5 heteroatoms. The van der Waals surface area contributed by atoms with Crippen molar-refractivity contribution in [2.75, 3.05) is 13.1 Å². The molecule has 0 aliphatic carbocycles. The molecule has 0 rings (SSSR count). The Balaban J connectivity index is 2.68. The third kappa shape index (κ3) is 5.80. The molecule has 0 saturated carbocycles. The normalized spacial score (nSPS) is 10.3. The van der Waals surface area contributed by atoms with E-state index in [0.717, 1.165) is 5.12 Å². The zero-order valence-corrected chi connectivity index (χ0v) is 4.09. The highest BCUT2D eigenvalue weighted by molar-refractivity contribution is 4.37. The van der Waals surface area contributed by atoms with E-state index in [2.05, 4.69) is 5.43 Å². The summed E-state index contributed by atoms with van der Waals surface area (Å²) in [4.78, 5) is 0. The van der Waals surface area contributed by atoms with E-state index in [1.54, 1.807) is 0 Å². The van der Waals surface area contributed by atoms with Gasteiger partial charge in [-0.25, -0.2) is 0 Å². The summed E-state index contributed by atoms with van der Waals surface area (Å²) >= 11 is 0. The number of nitrogens with two attached hydrogens (primary N) is 3. The number of hydrogen-bond acceptors (Lipinski definition) is 5. The topological polar surface area (TPSA) is 93.3 Å². The van der Waals surface area contributed by atoms with Gasteiger partial charge in [0.15, 0.2) is 0 Å². The molecule has 0 aromatic carbocycles. The van der Waals surface area contributed by atoms with E-state index in [-0.39, 0.29) is 0 Å². The van der Waals surface area contributed by atoms with Gasteiger partial charge in [-0.1, -0.05) is 0 Å². The van der Waals surface area contributed by atoms with Crippen molar-refractivity contribution in [3.63, 3.8) is 0 Å². The van der Waals surface area contributed by atoms with Crippen LogP contribution in [-0.2, 0) is 0 Å². The highest BCUT2D eigenvalue weighted by Crippen LogP contribution is 1.55. The van der Waals surface area contributed by atoms with E-state index in [4.69, 9.17) is 17.5 Å². The highest BCUT2D eigenvalue weighted by atomic mass is 15.6. The Kier molecular flexibility index (Phi) is 3.86. The van der Waals surface area contributed by atoms with Crippen LogP contribution in [0.15, 0.2) is 0 Å². The summed E-state index contributed by atoms with van der Waals surface area (Å²) in [7, 11) is 0. The average molecular weight is 105 g/mol. The number of hydrazine groups is 3. The van der Waals surface area contributed by atoms with Gasteiger partial charge in [0.2, 0.25) is 0 Å². The van der Waals surface area contributed by atoms with E-state index in [1.807, 2.05) is 0 Å². The van der Waals surface area contributed by atoms with Crippen molar-refractivity contribution in [1.29, 1.82) is 0 Å². The van der Waals surface area contributed by atoms with Gasteiger partial charge < -0.3 is 0 Å². The van der Waals surface area contributed by atoms with Crippen LogP contribution in [0.2, 0.25) is 0 Å². The van der Waals surface area contributed by atoms with Crippen molar-refractivity contribution in [1.82, 2.24) is 10.5 Å². The largest absolute Gasteiger partial charge is 0.271 e.